The molecule has 0 aliphatic carbocycles. The minimum atomic E-state index is -0.535. The van der Waals surface area contributed by atoms with Crippen molar-refractivity contribution in [1.29, 1.82) is 0 Å². The van der Waals surface area contributed by atoms with Gasteiger partial charge in [-0.2, -0.15) is 0 Å². The van der Waals surface area contributed by atoms with Crippen LogP contribution in [-0.4, -0.2) is 57.6 Å². The predicted molar refractivity (Wildman–Crippen MR) is 82.8 cm³/mol. The van der Waals surface area contributed by atoms with Gasteiger partial charge in [0.05, 0.1) is 18.3 Å². The average molecular weight is 313 g/mol. The van der Waals surface area contributed by atoms with E-state index < -0.39 is 6.10 Å². The summed E-state index contributed by atoms with van der Waals surface area (Å²) in [5.74, 6) is 0.0169. The Bertz CT molecular complexity index is 701. The average Bonchev–Trinajstić information content (AvgIpc) is 3.23. The van der Waals surface area contributed by atoms with Crippen molar-refractivity contribution in [1.82, 2.24) is 14.8 Å². The number of aromatic nitrogens is 1. The third-order valence-corrected chi connectivity index (χ3v) is 4.82. The molecule has 1 N–H and O–H groups in total. The first-order chi connectivity index (χ1) is 11.2. The van der Waals surface area contributed by atoms with E-state index >= 15 is 0 Å². The standard InChI is InChI=1S/C17H19N3O3/c21-15-10-20(17(22)16-7-18-11-23-16)9-14(15)19-6-5-12-3-1-2-4-13(12)8-19/h1-4,7,11,14-15,21H,5-6,8-10H2/t14-,15-/m1/s1. The molecule has 6 nitrogen and oxygen atoms in total. The highest BCUT2D eigenvalue weighted by atomic mass is 16.3. The van der Waals surface area contributed by atoms with Gasteiger partial charge in [0.25, 0.3) is 5.91 Å². The number of β-amino-alcohol motifs (C(OH)–C–C–N with tert-alkyl or cyclic N) is 1. The van der Waals surface area contributed by atoms with Crippen LogP contribution in [0.2, 0.25) is 0 Å². The number of oxazole rings is 1. The van der Waals surface area contributed by atoms with Crippen molar-refractivity contribution in [2.45, 2.75) is 25.1 Å². The van der Waals surface area contributed by atoms with Gasteiger partial charge >= 0.3 is 0 Å². The number of rotatable bonds is 2. The van der Waals surface area contributed by atoms with Gasteiger partial charge in [0.2, 0.25) is 5.76 Å². The molecule has 1 amide bonds. The first-order valence-corrected chi connectivity index (χ1v) is 7.89. The van der Waals surface area contributed by atoms with E-state index in [2.05, 4.69) is 28.1 Å². The second-order valence-electron chi connectivity index (χ2n) is 6.20. The van der Waals surface area contributed by atoms with Crippen LogP contribution in [0.4, 0.5) is 0 Å². The molecule has 2 aliphatic rings. The van der Waals surface area contributed by atoms with Crippen molar-refractivity contribution < 1.29 is 14.3 Å². The lowest BCUT2D eigenvalue weighted by atomic mass is 9.98. The number of fused-ring (bicyclic) bond motifs is 1. The van der Waals surface area contributed by atoms with E-state index in [0.29, 0.717) is 13.1 Å². The molecular weight excluding hydrogens is 294 g/mol. The summed E-state index contributed by atoms with van der Waals surface area (Å²) in [6, 6.07) is 8.39. The van der Waals surface area contributed by atoms with E-state index in [1.54, 1.807) is 4.90 Å². The number of hydrogen-bond acceptors (Lipinski definition) is 5. The predicted octanol–water partition coefficient (Wildman–Crippen LogP) is 0.918. The van der Waals surface area contributed by atoms with E-state index in [0.717, 1.165) is 19.5 Å². The molecule has 6 heteroatoms. The zero-order valence-electron chi connectivity index (χ0n) is 12.8. The van der Waals surface area contributed by atoms with Crippen molar-refractivity contribution in [3.63, 3.8) is 0 Å². The number of aliphatic hydroxyl groups excluding tert-OH is 1. The molecule has 0 spiro atoms. The third kappa shape index (κ3) is 2.64. The normalized spacial score (nSPS) is 24.7. The third-order valence-electron chi connectivity index (χ3n) is 4.82. The summed E-state index contributed by atoms with van der Waals surface area (Å²) in [6.45, 7) is 2.58. The van der Waals surface area contributed by atoms with Crippen LogP contribution in [0, 0.1) is 0 Å². The zero-order chi connectivity index (χ0) is 15.8. The van der Waals surface area contributed by atoms with Crippen molar-refractivity contribution >= 4 is 5.91 Å². The fourth-order valence-corrected chi connectivity index (χ4v) is 3.57. The van der Waals surface area contributed by atoms with E-state index in [9.17, 15) is 9.90 Å². The molecule has 2 aliphatic heterocycles. The second-order valence-corrected chi connectivity index (χ2v) is 6.20. The van der Waals surface area contributed by atoms with Crippen LogP contribution in [0.1, 0.15) is 21.7 Å². The lowest BCUT2D eigenvalue weighted by Crippen LogP contribution is -2.45. The molecule has 3 heterocycles. The number of likely N-dealkylation sites (tertiary alicyclic amines) is 1. The van der Waals surface area contributed by atoms with Crippen LogP contribution in [0.3, 0.4) is 0 Å². The van der Waals surface area contributed by atoms with Crippen LogP contribution in [0.25, 0.3) is 0 Å². The number of carbonyl (C=O) groups is 1. The fraction of sp³-hybridized carbons (Fsp3) is 0.412. The van der Waals surface area contributed by atoms with Crippen molar-refractivity contribution in [3.05, 3.63) is 53.7 Å². The van der Waals surface area contributed by atoms with Gasteiger partial charge in [-0.1, -0.05) is 24.3 Å². The van der Waals surface area contributed by atoms with E-state index in [4.69, 9.17) is 4.42 Å². The summed E-state index contributed by atoms with van der Waals surface area (Å²) in [5.41, 5.74) is 2.69. The van der Waals surface area contributed by atoms with Crippen LogP contribution in [-0.2, 0) is 13.0 Å². The number of carbonyl (C=O) groups excluding carboxylic acids is 1. The highest BCUT2D eigenvalue weighted by Gasteiger charge is 2.39. The molecule has 0 unspecified atom stereocenters. The largest absolute Gasteiger partial charge is 0.438 e. The maximum atomic E-state index is 12.3. The number of nitrogens with zero attached hydrogens (tertiary/aromatic N) is 3. The molecule has 2 aromatic rings. The van der Waals surface area contributed by atoms with Crippen LogP contribution >= 0.6 is 0 Å². The van der Waals surface area contributed by atoms with Gasteiger partial charge in [0.15, 0.2) is 6.39 Å². The zero-order valence-corrected chi connectivity index (χ0v) is 12.8. The van der Waals surface area contributed by atoms with Crippen LogP contribution in [0.5, 0.6) is 0 Å². The molecule has 0 bridgehead atoms. The first-order valence-electron chi connectivity index (χ1n) is 7.89. The van der Waals surface area contributed by atoms with Gasteiger partial charge in [-0.25, -0.2) is 4.98 Å². The minimum Gasteiger partial charge on any atom is -0.438 e. The highest BCUT2D eigenvalue weighted by Crippen LogP contribution is 2.25. The maximum absolute atomic E-state index is 12.3. The quantitative estimate of drug-likeness (QED) is 0.893. The SMILES string of the molecule is O=C(c1cnco1)N1C[C@@H](O)[C@H](N2CCc3ccccc3C2)C1. The Morgan fingerprint density at radius 1 is 1.26 bits per heavy atom. The Hall–Kier alpha value is -2.18. The molecule has 1 aromatic heterocycles. The molecule has 120 valence electrons. The Kier molecular flexibility index (Phi) is 3.63. The summed E-state index contributed by atoms with van der Waals surface area (Å²) in [6.07, 6.45) is 3.11. The summed E-state index contributed by atoms with van der Waals surface area (Å²) in [7, 11) is 0. The highest BCUT2D eigenvalue weighted by molar-refractivity contribution is 5.91. The van der Waals surface area contributed by atoms with Gasteiger partial charge < -0.3 is 14.4 Å². The summed E-state index contributed by atoms with van der Waals surface area (Å²) in [5, 5.41) is 10.4. The second kappa shape index (κ2) is 5.79. The van der Waals surface area contributed by atoms with Crippen molar-refractivity contribution in [3.8, 4) is 0 Å². The van der Waals surface area contributed by atoms with E-state index in [-0.39, 0.29) is 17.7 Å². The van der Waals surface area contributed by atoms with Gasteiger partial charge in [0.1, 0.15) is 0 Å². The first kappa shape index (κ1) is 14.4. The van der Waals surface area contributed by atoms with Crippen LogP contribution in [0.15, 0.2) is 41.3 Å². The number of amides is 1. The summed E-state index contributed by atoms with van der Waals surface area (Å²) >= 11 is 0. The molecule has 1 fully saturated rings. The lowest BCUT2D eigenvalue weighted by Gasteiger charge is -2.34. The molecule has 0 saturated carbocycles. The Labute approximate surface area is 134 Å². The summed E-state index contributed by atoms with van der Waals surface area (Å²) < 4.78 is 5.07. The Morgan fingerprint density at radius 2 is 2.09 bits per heavy atom. The topological polar surface area (TPSA) is 69.8 Å². The number of aliphatic hydroxyl groups is 1. The van der Waals surface area contributed by atoms with E-state index in [1.165, 1.54) is 23.7 Å². The van der Waals surface area contributed by atoms with Crippen molar-refractivity contribution in [2.75, 3.05) is 19.6 Å². The lowest BCUT2D eigenvalue weighted by molar-refractivity contribution is 0.0722. The Balaban J connectivity index is 1.47. The molecular formula is C17H19N3O3. The molecule has 4 rings (SSSR count). The monoisotopic (exact) mass is 313 g/mol. The maximum Gasteiger partial charge on any atom is 0.291 e. The van der Waals surface area contributed by atoms with Gasteiger partial charge in [-0.05, 0) is 17.5 Å². The van der Waals surface area contributed by atoms with Crippen molar-refractivity contribution in [2.24, 2.45) is 0 Å². The smallest absolute Gasteiger partial charge is 0.291 e. The minimum absolute atomic E-state index is 0.0322. The molecule has 0 radical (unpaired) electrons. The molecule has 2 atom stereocenters. The fourth-order valence-electron chi connectivity index (χ4n) is 3.57. The Morgan fingerprint density at radius 3 is 2.87 bits per heavy atom. The summed E-state index contributed by atoms with van der Waals surface area (Å²) in [4.78, 5) is 20.1. The van der Waals surface area contributed by atoms with E-state index in [1.807, 2.05) is 6.07 Å². The van der Waals surface area contributed by atoms with Gasteiger partial charge in [-0.15, -0.1) is 0 Å². The number of hydrogen-bond donors (Lipinski definition) is 1. The van der Waals surface area contributed by atoms with Crippen LogP contribution < -0.4 is 0 Å². The molecule has 1 saturated heterocycles. The number of benzene rings is 1. The van der Waals surface area contributed by atoms with Gasteiger partial charge in [-0.3, -0.25) is 9.69 Å². The molecule has 23 heavy (non-hydrogen) atoms. The van der Waals surface area contributed by atoms with Gasteiger partial charge in [0, 0.05) is 26.2 Å². The molecule has 1 aromatic carbocycles.